The van der Waals surface area contributed by atoms with Crippen LogP contribution < -0.4 is 10.6 Å². The lowest BCUT2D eigenvalue weighted by Gasteiger charge is -2.17. The Labute approximate surface area is 137 Å². The minimum absolute atomic E-state index is 0.0815. The van der Waals surface area contributed by atoms with Gasteiger partial charge in [0.05, 0.1) is 0 Å². The molecule has 3 heteroatoms. The topological polar surface area (TPSA) is 24.1 Å². The van der Waals surface area contributed by atoms with Gasteiger partial charge in [0, 0.05) is 36.0 Å². The van der Waals surface area contributed by atoms with Crippen molar-refractivity contribution in [1.82, 2.24) is 10.6 Å². The van der Waals surface area contributed by atoms with Crippen molar-refractivity contribution in [2.45, 2.75) is 38.8 Å². The highest BCUT2D eigenvalue weighted by atomic mass is 19.1. The third kappa shape index (κ3) is 3.55. The Morgan fingerprint density at radius 1 is 1.22 bits per heavy atom. The molecule has 0 saturated heterocycles. The summed E-state index contributed by atoms with van der Waals surface area (Å²) in [5.41, 5.74) is 3.71. The summed E-state index contributed by atoms with van der Waals surface area (Å²) in [7, 11) is 0. The van der Waals surface area contributed by atoms with Crippen LogP contribution >= 0.6 is 0 Å². The van der Waals surface area contributed by atoms with E-state index in [9.17, 15) is 4.39 Å². The van der Waals surface area contributed by atoms with Gasteiger partial charge in [-0.2, -0.15) is 0 Å². The minimum atomic E-state index is -0.174. The Hall–Kier alpha value is -2.29. The molecule has 120 valence electrons. The lowest BCUT2D eigenvalue weighted by molar-refractivity contribution is 0.568. The summed E-state index contributed by atoms with van der Waals surface area (Å²) < 4.78 is 14.5. The van der Waals surface area contributed by atoms with Crippen LogP contribution in [0.1, 0.15) is 38.3 Å². The molecule has 2 nitrogen and oxygen atoms in total. The Balaban J connectivity index is 1.73. The average Bonchev–Trinajstić information content (AvgIpc) is 3.03. The number of hydrogen-bond donors (Lipinski definition) is 2. The van der Waals surface area contributed by atoms with E-state index in [1.54, 1.807) is 6.07 Å². The average molecular weight is 310 g/mol. The molecule has 0 radical (unpaired) electrons. The number of halogens is 1. The summed E-state index contributed by atoms with van der Waals surface area (Å²) in [5.74, 6) is -0.174. The first kappa shape index (κ1) is 15.6. The molecule has 2 aromatic carbocycles. The van der Waals surface area contributed by atoms with Crippen LogP contribution in [0.2, 0.25) is 0 Å². The molecule has 1 aliphatic rings. The molecule has 3 rings (SSSR count). The third-order valence-corrected chi connectivity index (χ3v) is 4.43. The summed E-state index contributed by atoms with van der Waals surface area (Å²) in [6.45, 7) is 4.24. The molecule has 2 aromatic rings. The highest BCUT2D eigenvalue weighted by molar-refractivity contribution is 5.64. The Morgan fingerprint density at radius 2 is 2.00 bits per heavy atom. The van der Waals surface area contributed by atoms with Gasteiger partial charge in [0.25, 0.3) is 0 Å². The number of hydrogen-bond acceptors (Lipinski definition) is 2. The molecule has 2 unspecified atom stereocenters. The molecule has 0 bridgehead atoms. The van der Waals surface area contributed by atoms with Crippen molar-refractivity contribution in [3.8, 4) is 11.1 Å². The van der Waals surface area contributed by atoms with Crippen molar-refractivity contribution in [3.05, 3.63) is 71.8 Å². The van der Waals surface area contributed by atoms with Gasteiger partial charge >= 0.3 is 0 Å². The Kier molecular flexibility index (Phi) is 4.65. The van der Waals surface area contributed by atoms with Crippen LogP contribution in [0.5, 0.6) is 0 Å². The molecule has 2 N–H and O–H groups in total. The lowest BCUT2D eigenvalue weighted by Crippen LogP contribution is -2.20. The quantitative estimate of drug-likeness (QED) is 0.832. The van der Waals surface area contributed by atoms with Gasteiger partial charge in [-0.15, -0.1) is 0 Å². The predicted molar refractivity (Wildman–Crippen MR) is 93.3 cm³/mol. The van der Waals surface area contributed by atoms with E-state index in [2.05, 4.69) is 24.5 Å². The smallest absolute Gasteiger partial charge is 0.131 e. The van der Waals surface area contributed by atoms with E-state index in [1.165, 1.54) is 5.70 Å². The summed E-state index contributed by atoms with van der Waals surface area (Å²) in [6.07, 6.45) is 4.15. The molecule has 2 atom stereocenters. The van der Waals surface area contributed by atoms with Crippen LogP contribution in [-0.4, -0.2) is 6.04 Å². The van der Waals surface area contributed by atoms with Crippen molar-refractivity contribution in [2.75, 3.05) is 0 Å². The van der Waals surface area contributed by atoms with Gasteiger partial charge in [-0.1, -0.05) is 49.4 Å². The first-order chi connectivity index (χ1) is 11.2. The molecule has 0 spiro atoms. The van der Waals surface area contributed by atoms with Gasteiger partial charge < -0.3 is 10.6 Å². The molecular formula is C20H23FN2. The van der Waals surface area contributed by atoms with E-state index in [4.69, 9.17) is 0 Å². The molecule has 0 amide bonds. The molecule has 1 heterocycles. The van der Waals surface area contributed by atoms with Crippen LogP contribution in [0.4, 0.5) is 4.39 Å². The fraction of sp³-hybridized carbons (Fsp3) is 0.300. The maximum absolute atomic E-state index is 14.5. The summed E-state index contributed by atoms with van der Waals surface area (Å²) in [6, 6.07) is 15.8. The number of rotatable bonds is 5. The molecule has 0 aliphatic carbocycles. The van der Waals surface area contributed by atoms with E-state index in [-0.39, 0.29) is 11.9 Å². The maximum atomic E-state index is 14.5. The third-order valence-electron chi connectivity index (χ3n) is 4.43. The maximum Gasteiger partial charge on any atom is 0.131 e. The predicted octanol–water partition coefficient (Wildman–Crippen LogP) is 4.76. The van der Waals surface area contributed by atoms with Crippen molar-refractivity contribution in [2.24, 2.45) is 0 Å². The van der Waals surface area contributed by atoms with Crippen LogP contribution in [0, 0.1) is 5.82 Å². The molecule has 0 saturated carbocycles. The van der Waals surface area contributed by atoms with E-state index in [0.717, 1.165) is 24.0 Å². The second-order valence-corrected chi connectivity index (χ2v) is 6.12. The SMILES string of the molecule is CCC1CC(NC(C)c2ccc(-c3ccccc3)c(F)c2)=CN1. The first-order valence-corrected chi connectivity index (χ1v) is 8.24. The van der Waals surface area contributed by atoms with Gasteiger partial charge in [0.2, 0.25) is 0 Å². The van der Waals surface area contributed by atoms with E-state index >= 15 is 0 Å². The lowest BCUT2D eigenvalue weighted by atomic mass is 10.0. The van der Waals surface area contributed by atoms with Gasteiger partial charge in [0.1, 0.15) is 5.82 Å². The minimum Gasteiger partial charge on any atom is -0.386 e. The van der Waals surface area contributed by atoms with E-state index in [0.29, 0.717) is 11.6 Å². The van der Waals surface area contributed by atoms with Gasteiger partial charge in [0.15, 0.2) is 0 Å². The van der Waals surface area contributed by atoms with Gasteiger partial charge in [-0.05, 0) is 30.5 Å². The van der Waals surface area contributed by atoms with Gasteiger partial charge in [-0.25, -0.2) is 4.39 Å². The Morgan fingerprint density at radius 3 is 2.65 bits per heavy atom. The van der Waals surface area contributed by atoms with Crippen LogP contribution in [0.3, 0.4) is 0 Å². The van der Waals surface area contributed by atoms with Crippen molar-refractivity contribution in [1.29, 1.82) is 0 Å². The number of nitrogens with one attached hydrogen (secondary N) is 2. The zero-order chi connectivity index (χ0) is 16.2. The fourth-order valence-electron chi connectivity index (χ4n) is 2.98. The highest BCUT2D eigenvalue weighted by Crippen LogP contribution is 2.26. The summed E-state index contributed by atoms with van der Waals surface area (Å²) >= 11 is 0. The molecule has 0 fully saturated rings. The zero-order valence-electron chi connectivity index (χ0n) is 13.6. The van der Waals surface area contributed by atoms with Crippen molar-refractivity contribution >= 4 is 0 Å². The fourth-order valence-corrected chi connectivity index (χ4v) is 2.98. The van der Waals surface area contributed by atoms with Gasteiger partial charge in [-0.3, -0.25) is 0 Å². The van der Waals surface area contributed by atoms with Crippen LogP contribution in [-0.2, 0) is 0 Å². The molecule has 23 heavy (non-hydrogen) atoms. The standard InChI is InChI=1S/C20H23FN2/c1-3-17-12-18(13-22-17)23-14(2)16-9-10-19(20(21)11-16)15-7-5-4-6-8-15/h4-11,13-14,17,22-23H,3,12H2,1-2H3. The summed E-state index contributed by atoms with van der Waals surface area (Å²) in [5, 5.41) is 6.83. The zero-order valence-corrected chi connectivity index (χ0v) is 13.6. The largest absolute Gasteiger partial charge is 0.386 e. The van der Waals surface area contributed by atoms with Crippen LogP contribution in [0.15, 0.2) is 60.4 Å². The first-order valence-electron chi connectivity index (χ1n) is 8.24. The monoisotopic (exact) mass is 310 g/mol. The molecular weight excluding hydrogens is 287 g/mol. The van der Waals surface area contributed by atoms with E-state index in [1.807, 2.05) is 48.7 Å². The normalized spacial score (nSPS) is 18.2. The van der Waals surface area contributed by atoms with E-state index < -0.39 is 0 Å². The summed E-state index contributed by atoms with van der Waals surface area (Å²) in [4.78, 5) is 0. The van der Waals surface area contributed by atoms with Crippen molar-refractivity contribution < 1.29 is 4.39 Å². The molecule has 0 aromatic heterocycles. The Bertz CT molecular complexity index is 694. The van der Waals surface area contributed by atoms with Crippen molar-refractivity contribution in [3.63, 3.8) is 0 Å². The molecule has 1 aliphatic heterocycles. The second-order valence-electron chi connectivity index (χ2n) is 6.12. The number of benzene rings is 2. The van der Waals surface area contributed by atoms with Crippen LogP contribution in [0.25, 0.3) is 11.1 Å². The highest BCUT2D eigenvalue weighted by Gasteiger charge is 2.17. The second kappa shape index (κ2) is 6.86.